The van der Waals surface area contributed by atoms with Crippen molar-refractivity contribution < 1.29 is 5.11 Å². The lowest BCUT2D eigenvalue weighted by atomic mass is 10.0. The van der Waals surface area contributed by atoms with Crippen LogP contribution in [0.5, 0.6) is 0 Å². The van der Waals surface area contributed by atoms with Crippen LogP contribution in [0.15, 0.2) is 22.7 Å². The maximum Gasteiger partial charge on any atom is 0.0790 e. The summed E-state index contributed by atoms with van der Waals surface area (Å²) < 4.78 is 1.05. The molecule has 1 rings (SSSR count). The first kappa shape index (κ1) is 12.7. The summed E-state index contributed by atoms with van der Waals surface area (Å²) in [6.07, 6.45) is 4.05. The van der Waals surface area contributed by atoms with Crippen molar-refractivity contribution in [1.82, 2.24) is 0 Å². The van der Waals surface area contributed by atoms with Gasteiger partial charge in [-0.1, -0.05) is 48.2 Å². The van der Waals surface area contributed by atoms with Crippen molar-refractivity contribution in [3.63, 3.8) is 0 Å². The maximum absolute atomic E-state index is 9.98. The SMILES string of the molecule is CCCCCC(O)c1cc(C)cc(Br)c1. The molecule has 0 saturated heterocycles. The van der Waals surface area contributed by atoms with Gasteiger partial charge in [-0.15, -0.1) is 0 Å². The molecule has 1 aromatic carbocycles. The van der Waals surface area contributed by atoms with Crippen molar-refractivity contribution in [3.05, 3.63) is 33.8 Å². The average Bonchev–Trinajstić information content (AvgIpc) is 2.16. The first-order valence-corrected chi connectivity index (χ1v) is 6.38. The van der Waals surface area contributed by atoms with Crippen LogP contribution < -0.4 is 0 Å². The minimum atomic E-state index is -0.312. The fraction of sp³-hybridized carbons (Fsp3) is 0.538. The zero-order valence-electron chi connectivity index (χ0n) is 9.46. The third-order valence-electron chi connectivity index (χ3n) is 2.53. The molecule has 0 aromatic heterocycles. The molecule has 0 amide bonds. The van der Waals surface area contributed by atoms with Gasteiger partial charge in [-0.3, -0.25) is 0 Å². The molecule has 2 heteroatoms. The molecular formula is C13H19BrO. The molecule has 0 aliphatic heterocycles. The summed E-state index contributed by atoms with van der Waals surface area (Å²) in [4.78, 5) is 0. The second-order valence-electron chi connectivity index (χ2n) is 4.07. The molecule has 0 heterocycles. The normalized spacial score (nSPS) is 12.8. The van der Waals surface area contributed by atoms with E-state index in [9.17, 15) is 5.11 Å². The van der Waals surface area contributed by atoms with E-state index < -0.39 is 0 Å². The molecule has 0 aliphatic rings. The summed E-state index contributed by atoms with van der Waals surface area (Å²) in [5.74, 6) is 0. The Morgan fingerprint density at radius 3 is 2.60 bits per heavy atom. The van der Waals surface area contributed by atoms with Crippen LogP contribution in [0.2, 0.25) is 0 Å². The van der Waals surface area contributed by atoms with E-state index in [0.717, 1.165) is 22.9 Å². The molecule has 1 N–H and O–H groups in total. The van der Waals surface area contributed by atoms with Gasteiger partial charge in [-0.05, 0) is 36.6 Å². The fourth-order valence-electron chi connectivity index (χ4n) is 1.71. The van der Waals surface area contributed by atoms with Crippen LogP contribution in [-0.2, 0) is 0 Å². The molecule has 1 atom stereocenters. The summed E-state index contributed by atoms with van der Waals surface area (Å²) in [6, 6.07) is 6.12. The highest BCUT2D eigenvalue weighted by Gasteiger charge is 2.07. The quantitative estimate of drug-likeness (QED) is 0.788. The number of halogens is 1. The van der Waals surface area contributed by atoms with Crippen LogP contribution in [0.4, 0.5) is 0 Å². The highest BCUT2D eigenvalue weighted by Crippen LogP contribution is 2.24. The Morgan fingerprint density at radius 1 is 1.27 bits per heavy atom. The number of benzene rings is 1. The van der Waals surface area contributed by atoms with E-state index in [-0.39, 0.29) is 6.10 Å². The molecule has 0 spiro atoms. The van der Waals surface area contributed by atoms with Crippen molar-refractivity contribution in [3.8, 4) is 0 Å². The average molecular weight is 271 g/mol. The zero-order valence-corrected chi connectivity index (χ0v) is 11.0. The van der Waals surface area contributed by atoms with Crippen LogP contribution in [-0.4, -0.2) is 5.11 Å². The minimum Gasteiger partial charge on any atom is -0.388 e. The molecule has 0 bridgehead atoms. The lowest BCUT2D eigenvalue weighted by Crippen LogP contribution is -1.98. The molecular weight excluding hydrogens is 252 g/mol. The van der Waals surface area contributed by atoms with Gasteiger partial charge in [-0.25, -0.2) is 0 Å². The van der Waals surface area contributed by atoms with E-state index in [1.54, 1.807) is 0 Å². The molecule has 84 valence electrons. The second-order valence-corrected chi connectivity index (χ2v) is 4.99. The lowest BCUT2D eigenvalue weighted by molar-refractivity contribution is 0.163. The highest BCUT2D eigenvalue weighted by atomic mass is 79.9. The fourth-order valence-corrected chi connectivity index (χ4v) is 2.34. The Balaban J connectivity index is 2.60. The highest BCUT2D eigenvalue weighted by molar-refractivity contribution is 9.10. The molecule has 15 heavy (non-hydrogen) atoms. The number of hydrogen-bond acceptors (Lipinski definition) is 1. The summed E-state index contributed by atoms with van der Waals surface area (Å²) in [5.41, 5.74) is 2.21. The monoisotopic (exact) mass is 270 g/mol. The molecule has 1 unspecified atom stereocenters. The van der Waals surface area contributed by atoms with E-state index >= 15 is 0 Å². The predicted molar refractivity (Wildman–Crippen MR) is 68.0 cm³/mol. The number of hydrogen-bond donors (Lipinski definition) is 1. The van der Waals surface area contributed by atoms with Gasteiger partial charge in [0, 0.05) is 4.47 Å². The van der Waals surface area contributed by atoms with Gasteiger partial charge in [0.05, 0.1) is 6.10 Å². The summed E-state index contributed by atoms with van der Waals surface area (Å²) in [7, 11) is 0. The van der Waals surface area contributed by atoms with Crippen LogP contribution in [0.25, 0.3) is 0 Å². The predicted octanol–water partition coefficient (Wildman–Crippen LogP) is 4.37. The Kier molecular flexibility index (Phi) is 5.34. The molecule has 0 fully saturated rings. The summed E-state index contributed by atoms with van der Waals surface area (Å²) in [5, 5.41) is 9.98. The first-order valence-electron chi connectivity index (χ1n) is 5.58. The van der Waals surface area contributed by atoms with Crippen molar-refractivity contribution in [2.75, 3.05) is 0 Å². The van der Waals surface area contributed by atoms with Gasteiger partial charge < -0.3 is 5.11 Å². The maximum atomic E-state index is 9.98. The molecule has 0 radical (unpaired) electrons. The Bertz CT molecular complexity index is 289. The van der Waals surface area contributed by atoms with Crippen molar-refractivity contribution in [2.45, 2.75) is 45.6 Å². The number of aliphatic hydroxyl groups is 1. The van der Waals surface area contributed by atoms with Crippen LogP contribution in [0.3, 0.4) is 0 Å². The zero-order chi connectivity index (χ0) is 11.3. The van der Waals surface area contributed by atoms with E-state index in [4.69, 9.17) is 0 Å². The second kappa shape index (κ2) is 6.29. The molecule has 1 nitrogen and oxygen atoms in total. The van der Waals surface area contributed by atoms with E-state index in [2.05, 4.69) is 35.0 Å². The van der Waals surface area contributed by atoms with Gasteiger partial charge in [0.15, 0.2) is 0 Å². The largest absolute Gasteiger partial charge is 0.388 e. The third-order valence-corrected chi connectivity index (χ3v) is 2.99. The topological polar surface area (TPSA) is 20.2 Å². The van der Waals surface area contributed by atoms with Crippen molar-refractivity contribution in [2.24, 2.45) is 0 Å². The van der Waals surface area contributed by atoms with Crippen LogP contribution >= 0.6 is 15.9 Å². The van der Waals surface area contributed by atoms with E-state index in [0.29, 0.717) is 0 Å². The standard InChI is InChI=1S/C13H19BrO/c1-3-4-5-6-13(15)11-7-10(2)8-12(14)9-11/h7-9,13,15H,3-6H2,1-2H3. The van der Waals surface area contributed by atoms with Gasteiger partial charge in [0.2, 0.25) is 0 Å². The third kappa shape index (κ3) is 4.35. The van der Waals surface area contributed by atoms with Crippen LogP contribution in [0, 0.1) is 6.92 Å². The van der Waals surface area contributed by atoms with Crippen molar-refractivity contribution in [1.29, 1.82) is 0 Å². The van der Waals surface area contributed by atoms with Gasteiger partial charge >= 0.3 is 0 Å². The van der Waals surface area contributed by atoms with E-state index in [1.807, 2.05) is 13.0 Å². The number of unbranched alkanes of at least 4 members (excludes halogenated alkanes) is 2. The number of aryl methyl sites for hydroxylation is 1. The van der Waals surface area contributed by atoms with Gasteiger partial charge in [0.1, 0.15) is 0 Å². The summed E-state index contributed by atoms with van der Waals surface area (Å²) >= 11 is 3.45. The Hall–Kier alpha value is -0.340. The number of rotatable bonds is 5. The lowest BCUT2D eigenvalue weighted by Gasteiger charge is -2.12. The number of aliphatic hydroxyl groups excluding tert-OH is 1. The van der Waals surface area contributed by atoms with Crippen molar-refractivity contribution >= 4 is 15.9 Å². The summed E-state index contributed by atoms with van der Waals surface area (Å²) in [6.45, 7) is 4.22. The van der Waals surface area contributed by atoms with Crippen LogP contribution in [0.1, 0.15) is 49.8 Å². The molecule has 0 saturated carbocycles. The van der Waals surface area contributed by atoms with E-state index in [1.165, 1.54) is 18.4 Å². The molecule has 1 aromatic rings. The Morgan fingerprint density at radius 2 is 2.00 bits per heavy atom. The van der Waals surface area contributed by atoms with Gasteiger partial charge in [-0.2, -0.15) is 0 Å². The van der Waals surface area contributed by atoms with Gasteiger partial charge in [0.25, 0.3) is 0 Å². The smallest absolute Gasteiger partial charge is 0.0790 e. The molecule has 0 aliphatic carbocycles. The Labute approximate surface area is 101 Å². The first-order chi connectivity index (χ1) is 7.13. The minimum absolute atomic E-state index is 0.312.